The maximum absolute atomic E-state index is 9.64. The van der Waals surface area contributed by atoms with Crippen LogP contribution in [0, 0.1) is 0 Å². The lowest BCUT2D eigenvalue weighted by Crippen LogP contribution is -2.37. The highest BCUT2D eigenvalue weighted by Gasteiger charge is 2.07. The van der Waals surface area contributed by atoms with Crippen molar-refractivity contribution >= 4 is 0 Å². The van der Waals surface area contributed by atoms with Gasteiger partial charge in [0.2, 0.25) is 0 Å². The van der Waals surface area contributed by atoms with E-state index in [1.165, 1.54) is 0 Å². The molecule has 1 aromatic carbocycles. The summed E-state index contributed by atoms with van der Waals surface area (Å²) in [6, 6.07) is 7.07. The van der Waals surface area contributed by atoms with Crippen LogP contribution in [-0.4, -0.2) is 60.9 Å². The number of aliphatic hydroxyl groups excluding tert-OH is 3. The van der Waals surface area contributed by atoms with Crippen molar-refractivity contribution in [2.45, 2.75) is 12.2 Å². The van der Waals surface area contributed by atoms with Crippen molar-refractivity contribution in [3.63, 3.8) is 0 Å². The Morgan fingerprint density at radius 2 is 1.63 bits per heavy atom. The fraction of sp³-hybridized carbons (Fsp3) is 0.538. The third-order valence-corrected chi connectivity index (χ3v) is 2.47. The molecule has 0 saturated carbocycles. The number of hydrogen-bond acceptors (Lipinski definition) is 6. The van der Waals surface area contributed by atoms with Gasteiger partial charge in [-0.15, -0.1) is 0 Å². The first-order valence-corrected chi connectivity index (χ1v) is 6.10. The molecule has 0 amide bonds. The Balaban J connectivity index is 2.20. The van der Waals surface area contributed by atoms with Crippen molar-refractivity contribution in [3.05, 3.63) is 24.3 Å². The van der Waals surface area contributed by atoms with Crippen LogP contribution in [0.25, 0.3) is 0 Å². The molecule has 0 aliphatic carbocycles. The van der Waals surface area contributed by atoms with Crippen LogP contribution < -0.4 is 14.8 Å². The molecule has 19 heavy (non-hydrogen) atoms. The third-order valence-electron chi connectivity index (χ3n) is 2.47. The van der Waals surface area contributed by atoms with E-state index in [2.05, 4.69) is 5.32 Å². The number of nitrogens with one attached hydrogen (secondary N) is 1. The first-order chi connectivity index (χ1) is 9.15. The van der Waals surface area contributed by atoms with Gasteiger partial charge in [0, 0.05) is 13.1 Å². The molecule has 0 aromatic heterocycles. The fourth-order valence-corrected chi connectivity index (χ4v) is 1.40. The van der Waals surface area contributed by atoms with Gasteiger partial charge >= 0.3 is 0 Å². The third kappa shape index (κ3) is 6.40. The second kappa shape index (κ2) is 8.71. The van der Waals surface area contributed by atoms with Gasteiger partial charge in [-0.2, -0.15) is 0 Å². The summed E-state index contributed by atoms with van der Waals surface area (Å²) >= 11 is 0. The van der Waals surface area contributed by atoms with Crippen LogP contribution in [0.15, 0.2) is 24.3 Å². The molecule has 0 aliphatic heterocycles. The number of rotatable bonds is 9. The van der Waals surface area contributed by atoms with Crippen LogP contribution in [-0.2, 0) is 0 Å². The van der Waals surface area contributed by atoms with E-state index in [0.29, 0.717) is 5.75 Å². The molecular weight excluding hydrogens is 250 g/mol. The molecule has 0 fully saturated rings. The highest BCUT2D eigenvalue weighted by atomic mass is 16.5. The Kier molecular flexibility index (Phi) is 7.20. The summed E-state index contributed by atoms with van der Waals surface area (Å²) in [5.41, 5.74) is 0. The molecule has 1 aromatic rings. The second-order valence-electron chi connectivity index (χ2n) is 4.14. The number of methoxy groups -OCH3 is 1. The van der Waals surface area contributed by atoms with Crippen molar-refractivity contribution in [3.8, 4) is 11.5 Å². The summed E-state index contributed by atoms with van der Waals surface area (Å²) in [5, 5.41) is 30.2. The van der Waals surface area contributed by atoms with E-state index in [1.807, 2.05) is 0 Å². The molecule has 4 N–H and O–H groups in total. The Bertz CT molecular complexity index is 343. The van der Waals surface area contributed by atoms with Gasteiger partial charge in [0.15, 0.2) is 0 Å². The number of hydrogen-bond donors (Lipinski definition) is 4. The minimum Gasteiger partial charge on any atom is -0.497 e. The molecule has 0 radical (unpaired) electrons. The van der Waals surface area contributed by atoms with Gasteiger partial charge in [-0.25, -0.2) is 0 Å². The van der Waals surface area contributed by atoms with Crippen LogP contribution in [0.2, 0.25) is 0 Å². The summed E-state index contributed by atoms with van der Waals surface area (Å²) in [6.45, 7) is 0.364. The average molecular weight is 271 g/mol. The van der Waals surface area contributed by atoms with Gasteiger partial charge in [-0.05, 0) is 24.3 Å². The molecule has 6 nitrogen and oxygen atoms in total. The predicted octanol–water partition coefficient (Wildman–Crippen LogP) is -0.622. The zero-order valence-electron chi connectivity index (χ0n) is 11.0. The molecule has 0 bridgehead atoms. The Morgan fingerprint density at radius 1 is 1.05 bits per heavy atom. The first-order valence-electron chi connectivity index (χ1n) is 6.10. The van der Waals surface area contributed by atoms with Crippen LogP contribution >= 0.6 is 0 Å². The van der Waals surface area contributed by atoms with Crippen molar-refractivity contribution in [1.82, 2.24) is 5.32 Å². The van der Waals surface area contributed by atoms with Gasteiger partial charge in [0.05, 0.1) is 19.8 Å². The summed E-state index contributed by atoms with van der Waals surface area (Å²) in [4.78, 5) is 0. The molecular formula is C13H21NO5. The molecule has 0 aliphatic rings. The zero-order chi connectivity index (χ0) is 14.1. The fourth-order valence-electron chi connectivity index (χ4n) is 1.40. The number of aliphatic hydroxyl groups is 3. The minimum absolute atomic E-state index is 0.147. The summed E-state index contributed by atoms with van der Waals surface area (Å²) in [6.07, 6.45) is -1.50. The summed E-state index contributed by atoms with van der Waals surface area (Å²) in [5.74, 6) is 1.39. The monoisotopic (exact) mass is 271 g/mol. The lowest BCUT2D eigenvalue weighted by molar-refractivity contribution is 0.0795. The Hall–Kier alpha value is -1.34. The second-order valence-corrected chi connectivity index (χ2v) is 4.14. The van der Waals surface area contributed by atoms with Gasteiger partial charge in [0.25, 0.3) is 0 Å². The largest absolute Gasteiger partial charge is 0.497 e. The van der Waals surface area contributed by atoms with Crippen molar-refractivity contribution in [1.29, 1.82) is 0 Å². The zero-order valence-corrected chi connectivity index (χ0v) is 11.0. The van der Waals surface area contributed by atoms with E-state index >= 15 is 0 Å². The van der Waals surface area contributed by atoms with Crippen molar-refractivity contribution in [2.75, 3.05) is 33.4 Å². The highest BCUT2D eigenvalue weighted by molar-refractivity contribution is 5.31. The normalized spacial score (nSPS) is 13.9. The Labute approximate surface area is 112 Å². The molecule has 2 unspecified atom stereocenters. The maximum Gasteiger partial charge on any atom is 0.119 e. The molecule has 2 atom stereocenters. The molecule has 1 rings (SSSR count). The van der Waals surface area contributed by atoms with Crippen LogP contribution in [0.1, 0.15) is 0 Å². The van der Waals surface area contributed by atoms with Crippen LogP contribution in [0.3, 0.4) is 0 Å². The van der Waals surface area contributed by atoms with Crippen LogP contribution in [0.5, 0.6) is 11.5 Å². The van der Waals surface area contributed by atoms with E-state index < -0.39 is 12.2 Å². The number of ether oxygens (including phenoxy) is 2. The highest BCUT2D eigenvalue weighted by Crippen LogP contribution is 2.16. The molecule has 0 saturated heterocycles. The molecule has 108 valence electrons. The molecule has 0 heterocycles. The van der Waals surface area contributed by atoms with Gasteiger partial charge < -0.3 is 30.1 Å². The van der Waals surface area contributed by atoms with Crippen molar-refractivity contribution in [2.24, 2.45) is 0 Å². The Morgan fingerprint density at radius 3 is 2.21 bits per heavy atom. The summed E-state index contributed by atoms with van der Waals surface area (Å²) < 4.78 is 10.4. The maximum atomic E-state index is 9.64. The lowest BCUT2D eigenvalue weighted by Gasteiger charge is -2.14. The van der Waals surface area contributed by atoms with Crippen LogP contribution in [0.4, 0.5) is 0 Å². The minimum atomic E-state index is -0.810. The summed E-state index contributed by atoms with van der Waals surface area (Å²) in [7, 11) is 1.59. The quantitative estimate of drug-likeness (QED) is 0.478. The number of benzene rings is 1. The average Bonchev–Trinajstić information content (AvgIpc) is 2.45. The van der Waals surface area contributed by atoms with Gasteiger partial charge in [-0.1, -0.05) is 0 Å². The molecule has 0 spiro atoms. The lowest BCUT2D eigenvalue weighted by atomic mass is 10.3. The van der Waals surface area contributed by atoms with E-state index in [9.17, 15) is 5.11 Å². The van der Waals surface area contributed by atoms with Crippen molar-refractivity contribution < 1.29 is 24.8 Å². The smallest absolute Gasteiger partial charge is 0.119 e. The SMILES string of the molecule is COc1ccc(OCC(O)CNCC(O)CO)cc1. The topological polar surface area (TPSA) is 91.2 Å². The predicted molar refractivity (Wildman–Crippen MR) is 70.5 cm³/mol. The van der Waals surface area contributed by atoms with E-state index in [4.69, 9.17) is 19.7 Å². The standard InChI is InChI=1S/C13H21NO5/c1-18-12-2-4-13(5-3-12)19-9-11(17)7-14-6-10(16)8-15/h2-5,10-11,14-17H,6-9H2,1H3. The van der Waals surface area contributed by atoms with E-state index in [1.54, 1.807) is 31.4 Å². The van der Waals surface area contributed by atoms with E-state index in [0.717, 1.165) is 5.75 Å². The van der Waals surface area contributed by atoms with Gasteiger partial charge in [-0.3, -0.25) is 0 Å². The van der Waals surface area contributed by atoms with E-state index in [-0.39, 0.29) is 26.3 Å². The first kappa shape index (κ1) is 15.7. The molecule has 6 heteroatoms. The van der Waals surface area contributed by atoms with Gasteiger partial charge in [0.1, 0.15) is 24.2 Å².